The summed E-state index contributed by atoms with van der Waals surface area (Å²) in [5, 5.41) is 6.31. The third-order valence-corrected chi connectivity index (χ3v) is 4.85. The number of carbonyl (C=O) groups excluding carboxylic acids is 2. The molecule has 2 rings (SSSR count). The monoisotopic (exact) mass is 367 g/mol. The predicted molar refractivity (Wildman–Crippen MR) is 104 cm³/mol. The molecular formula is C19H30ClN3O2. The normalized spacial score (nSPS) is 15.8. The Morgan fingerprint density at radius 1 is 1.28 bits per heavy atom. The van der Waals surface area contributed by atoms with Crippen LogP contribution in [-0.4, -0.2) is 43.9 Å². The molecule has 0 radical (unpaired) electrons. The van der Waals surface area contributed by atoms with E-state index >= 15 is 0 Å². The Morgan fingerprint density at radius 3 is 2.52 bits per heavy atom. The van der Waals surface area contributed by atoms with Crippen LogP contribution >= 0.6 is 12.4 Å². The Hall–Kier alpha value is -1.59. The highest BCUT2D eigenvalue weighted by atomic mass is 35.5. The highest BCUT2D eigenvalue weighted by molar-refractivity contribution is 5.98. The second kappa shape index (κ2) is 9.78. The van der Waals surface area contributed by atoms with Crippen molar-refractivity contribution in [2.24, 2.45) is 11.8 Å². The maximum atomic E-state index is 12.3. The van der Waals surface area contributed by atoms with E-state index in [0.29, 0.717) is 29.5 Å². The summed E-state index contributed by atoms with van der Waals surface area (Å²) in [4.78, 5) is 26.1. The van der Waals surface area contributed by atoms with Crippen LogP contribution in [0.15, 0.2) is 18.2 Å². The molecule has 1 atom stereocenters. The van der Waals surface area contributed by atoms with Gasteiger partial charge in [-0.2, -0.15) is 0 Å². The summed E-state index contributed by atoms with van der Waals surface area (Å²) in [6.07, 6.45) is 2.80. The highest BCUT2D eigenvalue weighted by Crippen LogP contribution is 2.25. The SMILES string of the molecule is Cc1ccc(NC(=O)CC(C)C2CCNCC2)cc1C(=O)N(C)C.Cl. The van der Waals surface area contributed by atoms with Crippen LogP contribution in [0, 0.1) is 18.8 Å². The van der Waals surface area contributed by atoms with E-state index in [0.717, 1.165) is 31.5 Å². The molecule has 140 valence electrons. The third kappa shape index (κ3) is 6.01. The number of amides is 2. The van der Waals surface area contributed by atoms with E-state index in [2.05, 4.69) is 17.6 Å². The largest absolute Gasteiger partial charge is 0.345 e. The zero-order chi connectivity index (χ0) is 17.7. The Morgan fingerprint density at radius 2 is 1.92 bits per heavy atom. The first-order valence-electron chi connectivity index (χ1n) is 8.71. The molecule has 2 N–H and O–H groups in total. The fraction of sp³-hybridized carbons (Fsp3) is 0.579. The molecule has 5 nitrogen and oxygen atoms in total. The molecule has 1 fully saturated rings. The smallest absolute Gasteiger partial charge is 0.253 e. The van der Waals surface area contributed by atoms with Crippen molar-refractivity contribution < 1.29 is 9.59 Å². The van der Waals surface area contributed by atoms with E-state index in [4.69, 9.17) is 0 Å². The molecule has 0 aromatic heterocycles. The van der Waals surface area contributed by atoms with Crippen molar-refractivity contribution in [3.8, 4) is 0 Å². The number of halogens is 1. The van der Waals surface area contributed by atoms with Gasteiger partial charge >= 0.3 is 0 Å². The summed E-state index contributed by atoms with van der Waals surface area (Å²) < 4.78 is 0. The van der Waals surface area contributed by atoms with Gasteiger partial charge in [0, 0.05) is 31.8 Å². The van der Waals surface area contributed by atoms with Crippen molar-refractivity contribution in [2.75, 3.05) is 32.5 Å². The molecule has 1 aromatic carbocycles. The first-order valence-corrected chi connectivity index (χ1v) is 8.71. The van der Waals surface area contributed by atoms with Crippen LogP contribution in [0.25, 0.3) is 0 Å². The van der Waals surface area contributed by atoms with Gasteiger partial charge in [0.2, 0.25) is 5.91 Å². The molecule has 1 aliphatic rings. The summed E-state index contributed by atoms with van der Waals surface area (Å²) in [5.41, 5.74) is 2.23. The van der Waals surface area contributed by atoms with Gasteiger partial charge in [0.05, 0.1) is 0 Å². The zero-order valence-electron chi connectivity index (χ0n) is 15.6. The molecule has 1 unspecified atom stereocenters. The van der Waals surface area contributed by atoms with E-state index in [1.165, 1.54) is 0 Å². The lowest BCUT2D eigenvalue weighted by Crippen LogP contribution is -2.32. The van der Waals surface area contributed by atoms with Crippen LogP contribution in [-0.2, 0) is 4.79 Å². The lowest BCUT2D eigenvalue weighted by atomic mass is 9.84. The van der Waals surface area contributed by atoms with Gasteiger partial charge < -0.3 is 15.5 Å². The molecular weight excluding hydrogens is 338 g/mol. The summed E-state index contributed by atoms with van der Waals surface area (Å²) in [7, 11) is 3.46. The molecule has 6 heteroatoms. The highest BCUT2D eigenvalue weighted by Gasteiger charge is 2.22. The van der Waals surface area contributed by atoms with Crippen LogP contribution in [0.2, 0.25) is 0 Å². The second-order valence-corrected chi connectivity index (χ2v) is 7.05. The van der Waals surface area contributed by atoms with Crippen molar-refractivity contribution in [1.29, 1.82) is 0 Å². The van der Waals surface area contributed by atoms with Gasteiger partial charge in [-0.15, -0.1) is 12.4 Å². The molecule has 0 bridgehead atoms. The van der Waals surface area contributed by atoms with Crippen LogP contribution in [0.4, 0.5) is 5.69 Å². The number of benzene rings is 1. The second-order valence-electron chi connectivity index (χ2n) is 7.05. The molecule has 0 saturated carbocycles. The van der Waals surface area contributed by atoms with Crippen molar-refractivity contribution >= 4 is 29.9 Å². The molecule has 0 spiro atoms. The van der Waals surface area contributed by atoms with Crippen LogP contribution in [0.5, 0.6) is 0 Å². The number of nitrogens with one attached hydrogen (secondary N) is 2. The van der Waals surface area contributed by atoms with Crippen LogP contribution in [0.3, 0.4) is 0 Å². The maximum Gasteiger partial charge on any atom is 0.253 e. The summed E-state index contributed by atoms with van der Waals surface area (Å²) in [5.74, 6) is 0.959. The van der Waals surface area contributed by atoms with Gasteiger partial charge in [-0.05, 0) is 62.4 Å². The molecule has 1 aromatic rings. The topological polar surface area (TPSA) is 61.4 Å². The van der Waals surface area contributed by atoms with Crippen molar-refractivity contribution in [2.45, 2.75) is 33.1 Å². The third-order valence-electron chi connectivity index (χ3n) is 4.85. The minimum Gasteiger partial charge on any atom is -0.345 e. The van der Waals surface area contributed by atoms with Crippen molar-refractivity contribution in [3.05, 3.63) is 29.3 Å². The summed E-state index contributed by atoms with van der Waals surface area (Å²) in [6, 6.07) is 5.50. The number of hydrogen-bond acceptors (Lipinski definition) is 3. The lowest BCUT2D eigenvalue weighted by Gasteiger charge is -2.27. The quantitative estimate of drug-likeness (QED) is 0.840. The van der Waals surface area contributed by atoms with Gasteiger partial charge in [-0.3, -0.25) is 9.59 Å². The number of piperidine rings is 1. The van der Waals surface area contributed by atoms with Crippen LogP contribution < -0.4 is 10.6 Å². The molecule has 1 aliphatic heterocycles. The average molecular weight is 368 g/mol. The van der Waals surface area contributed by atoms with Gasteiger partial charge in [-0.25, -0.2) is 0 Å². The Bertz CT molecular complexity index is 598. The number of rotatable bonds is 5. The number of aryl methyl sites for hydroxylation is 1. The lowest BCUT2D eigenvalue weighted by molar-refractivity contribution is -0.117. The zero-order valence-corrected chi connectivity index (χ0v) is 16.4. The molecule has 1 saturated heterocycles. The first-order chi connectivity index (χ1) is 11.4. The van der Waals surface area contributed by atoms with E-state index in [1.807, 2.05) is 19.1 Å². The van der Waals surface area contributed by atoms with E-state index in [-0.39, 0.29) is 24.2 Å². The van der Waals surface area contributed by atoms with Crippen molar-refractivity contribution in [1.82, 2.24) is 10.2 Å². The number of carbonyl (C=O) groups is 2. The standard InChI is InChI=1S/C19H29N3O2.ClH/c1-13-5-6-16(12-17(13)19(24)22(3)4)21-18(23)11-14(2)15-7-9-20-10-8-15;/h5-6,12,14-15,20H,7-11H2,1-4H3,(H,21,23);1H. The Kier molecular flexibility index (Phi) is 8.39. The number of nitrogens with zero attached hydrogens (tertiary/aromatic N) is 1. The number of anilines is 1. The van der Waals surface area contributed by atoms with Gasteiger partial charge in [0.25, 0.3) is 5.91 Å². The van der Waals surface area contributed by atoms with Gasteiger partial charge in [0.15, 0.2) is 0 Å². The fourth-order valence-corrected chi connectivity index (χ4v) is 3.26. The summed E-state index contributed by atoms with van der Waals surface area (Å²) in [6.45, 7) is 6.16. The van der Waals surface area contributed by atoms with E-state index < -0.39 is 0 Å². The van der Waals surface area contributed by atoms with Crippen molar-refractivity contribution in [3.63, 3.8) is 0 Å². The fourth-order valence-electron chi connectivity index (χ4n) is 3.26. The summed E-state index contributed by atoms with van der Waals surface area (Å²) >= 11 is 0. The Balaban J connectivity index is 0.00000312. The van der Waals surface area contributed by atoms with Crippen LogP contribution in [0.1, 0.15) is 42.1 Å². The maximum absolute atomic E-state index is 12.3. The predicted octanol–water partition coefficient (Wildman–Crippen LogP) is 3.08. The minimum absolute atomic E-state index is 0. The van der Waals surface area contributed by atoms with Gasteiger partial charge in [0.1, 0.15) is 0 Å². The van der Waals surface area contributed by atoms with E-state index in [9.17, 15) is 9.59 Å². The Labute approximate surface area is 157 Å². The molecule has 25 heavy (non-hydrogen) atoms. The van der Waals surface area contributed by atoms with Gasteiger partial charge in [-0.1, -0.05) is 13.0 Å². The molecule has 0 aliphatic carbocycles. The number of hydrogen-bond donors (Lipinski definition) is 2. The molecule has 2 amide bonds. The molecule has 1 heterocycles. The first kappa shape index (κ1) is 21.5. The average Bonchev–Trinajstić information content (AvgIpc) is 2.56. The minimum atomic E-state index is -0.0494. The van der Waals surface area contributed by atoms with E-state index in [1.54, 1.807) is 25.1 Å².